The summed E-state index contributed by atoms with van der Waals surface area (Å²) in [6, 6.07) is 13.0. The number of nitrogens with zero attached hydrogens (tertiary/aromatic N) is 2. The Hall–Kier alpha value is -2.99. The van der Waals surface area contributed by atoms with Gasteiger partial charge in [0.25, 0.3) is 5.56 Å². The molecule has 0 radical (unpaired) electrons. The van der Waals surface area contributed by atoms with Crippen LogP contribution in [0.5, 0.6) is 0 Å². The van der Waals surface area contributed by atoms with Gasteiger partial charge in [0.05, 0.1) is 5.69 Å². The number of aromatic nitrogens is 2. The summed E-state index contributed by atoms with van der Waals surface area (Å²) in [6.07, 6.45) is 1.67. The Morgan fingerprint density at radius 3 is 2.81 bits per heavy atom. The molecule has 0 amide bonds. The molecule has 130 valence electrons. The van der Waals surface area contributed by atoms with Crippen LogP contribution in [0.1, 0.15) is 26.5 Å². The zero-order valence-corrected chi connectivity index (χ0v) is 15.2. The Bertz CT molecular complexity index is 1210. The summed E-state index contributed by atoms with van der Waals surface area (Å²) < 4.78 is 7.96. The Balaban J connectivity index is 1.61. The number of pyridine rings is 1. The molecule has 1 aromatic carbocycles. The second kappa shape index (κ2) is 6.38. The van der Waals surface area contributed by atoms with E-state index in [9.17, 15) is 9.59 Å². The van der Waals surface area contributed by atoms with Crippen LogP contribution in [-0.2, 0) is 11.3 Å². The first-order chi connectivity index (χ1) is 12.5. The first kappa shape index (κ1) is 16.5. The van der Waals surface area contributed by atoms with Crippen LogP contribution in [-0.4, -0.2) is 15.4 Å². The van der Waals surface area contributed by atoms with Crippen LogP contribution in [0.25, 0.3) is 15.7 Å². The minimum Gasteiger partial charge on any atom is -0.455 e. The second-order valence-electron chi connectivity index (χ2n) is 6.10. The molecule has 0 saturated heterocycles. The molecule has 3 aromatic heterocycles. The Kier molecular flexibility index (Phi) is 4.05. The topological polar surface area (TPSA) is 60.7 Å². The van der Waals surface area contributed by atoms with Crippen molar-refractivity contribution < 1.29 is 9.53 Å². The molecule has 0 saturated carbocycles. The van der Waals surface area contributed by atoms with E-state index >= 15 is 0 Å². The van der Waals surface area contributed by atoms with Crippen LogP contribution >= 0.6 is 11.3 Å². The van der Waals surface area contributed by atoms with E-state index in [1.807, 2.05) is 44.2 Å². The van der Waals surface area contributed by atoms with Gasteiger partial charge in [-0.1, -0.05) is 24.3 Å². The van der Waals surface area contributed by atoms with Crippen molar-refractivity contribution in [3.63, 3.8) is 0 Å². The maximum absolute atomic E-state index is 12.5. The summed E-state index contributed by atoms with van der Waals surface area (Å²) in [4.78, 5) is 29.8. The lowest BCUT2D eigenvalue weighted by molar-refractivity contribution is 0.0473. The van der Waals surface area contributed by atoms with Gasteiger partial charge < -0.3 is 4.74 Å². The fourth-order valence-corrected chi connectivity index (χ4v) is 4.06. The summed E-state index contributed by atoms with van der Waals surface area (Å²) in [7, 11) is 0. The highest BCUT2D eigenvalue weighted by atomic mass is 32.1. The molecule has 0 aliphatic carbocycles. The third kappa shape index (κ3) is 2.78. The summed E-state index contributed by atoms with van der Waals surface area (Å²) in [5.74, 6) is -0.393. The maximum Gasteiger partial charge on any atom is 0.349 e. The lowest BCUT2D eigenvalue weighted by Gasteiger charge is -2.07. The van der Waals surface area contributed by atoms with Gasteiger partial charge >= 0.3 is 5.97 Å². The van der Waals surface area contributed by atoms with E-state index in [1.165, 1.54) is 21.8 Å². The first-order valence-corrected chi connectivity index (χ1v) is 8.99. The number of hydrogen-bond donors (Lipinski definition) is 0. The van der Waals surface area contributed by atoms with Gasteiger partial charge in [-0.25, -0.2) is 9.78 Å². The summed E-state index contributed by atoms with van der Waals surface area (Å²) in [5, 5.41) is 1.06. The summed E-state index contributed by atoms with van der Waals surface area (Å²) in [5.41, 5.74) is 2.62. The van der Waals surface area contributed by atoms with Crippen molar-refractivity contribution in [2.45, 2.75) is 20.5 Å². The van der Waals surface area contributed by atoms with Crippen LogP contribution < -0.4 is 5.56 Å². The number of esters is 1. The van der Waals surface area contributed by atoms with E-state index in [4.69, 9.17) is 4.74 Å². The van der Waals surface area contributed by atoms with E-state index in [-0.39, 0.29) is 12.2 Å². The zero-order chi connectivity index (χ0) is 18.3. The third-order valence-electron chi connectivity index (χ3n) is 4.32. The monoisotopic (exact) mass is 364 g/mol. The SMILES string of the molecule is Cc1c(C(=O)OCc2cc(=O)n3cccc(C)c3n2)sc2ccccc12. The standard InChI is InChI=1S/C20H16N2O3S/c1-12-6-5-9-22-17(23)10-14(21-19(12)22)11-25-20(24)18-13(2)15-7-3-4-8-16(15)26-18/h3-10H,11H2,1-2H3. The number of aryl methyl sites for hydroxylation is 2. The van der Waals surface area contributed by atoms with E-state index in [2.05, 4.69) is 4.98 Å². The molecule has 3 heterocycles. The van der Waals surface area contributed by atoms with Crippen LogP contribution in [0, 0.1) is 13.8 Å². The largest absolute Gasteiger partial charge is 0.455 e. The molecule has 0 N–H and O–H groups in total. The number of hydrogen-bond acceptors (Lipinski definition) is 5. The fraction of sp³-hybridized carbons (Fsp3) is 0.150. The molecule has 6 heteroatoms. The molecule has 5 nitrogen and oxygen atoms in total. The number of carbonyl (C=O) groups is 1. The number of thiophene rings is 1. The quantitative estimate of drug-likeness (QED) is 0.518. The van der Waals surface area contributed by atoms with Crippen LogP contribution in [0.3, 0.4) is 0 Å². The predicted molar refractivity (Wildman–Crippen MR) is 102 cm³/mol. The zero-order valence-electron chi connectivity index (χ0n) is 14.4. The Morgan fingerprint density at radius 2 is 2.00 bits per heavy atom. The number of ether oxygens (including phenoxy) is 1. The van der Waals surface area contributed by atoms with E-state index in [0.717, 1.165) is 21.2 Å². The number of benzene rings is 1. The van der Waals surface area contributed by atoms with Crippen molar-refractivity contribution >= 4 is 33.0 Å². The van der Waals surface area contributed by atoms with Crippen molar-refractivity contribution in [1.82, 2.24) is 9.38 Å². The molecular weight excluding hydrogens is 348 g/mol. The van der Waals surface area contributed by atoms with E-state index in [1.54, 1.807) is 12.3 Å². The van der Waals surface area contributed by atoms with Crippen LogP contribution in [0.15, 0.2) is 53.5 Å². The van der Waals surface area contributed by atoms with Crippen molar-refractivity contribution in [1.29, 1.82) is 0 Å². The van der Waals surface area contributed by atoms with Gasteiger partial charge in [-0.05, 0) is 42.5 Å². The van der Waals surface area contributed by atoms with E-state index in [0.29, 0.717) is 16.2 Å². The molecule has 0 spiro atoms. The molecule has 0 aliphatic rings. The Morgan fingerprint density at radius 1 is 1.19 bits per heavy atom. The van der Waals surface area contributed by atoms with Gasteiger partial charge in [-0.3, -0.25) is 9.20 Å². The molecule has 0 aliphatic heterocycles. The number of carbonyl (C=O) groups excluding carboxylic acids is 1. The molecule has 0 unspecified atom stereocenters. The lowest BCUT2D eigenvalue weighted by Crippen LogP contribution is -2.17. The first-order valence-electron chi connectivity index (χ1n) is 8.18. The smallest absolute Gasteiger partial charge is 0.349 e. The van der Waals surface area contributed by atoms with Gasteiger partial charge in [0.1, 0.15) is 17.1 Å². The summed E-state index contributed by atoms with van der Waals surface area (Å²) in [6.45, 7) is 3.77. The highest BCUT2D eigenvalue weighted by Crippen LogP contribution is 2.31. The molecule has 0 atom stereocenters. The van der Waals surface area contributed by atoms with Crippen molar-refractivity contribution in [2.24, 2.45) is 0 Å². The van der Waals surface area contributed by atoms with Crippen molar-refractivity contribution in [3.05, 3.63) is 80.7 Å². The minimum atomic E-state index is -0.393. The van der Waals surface area contributed by atoms with Gasteiger partial charge in [0.2, 0.25) is 0 Å². The molecule has 26 heavy (non-hydrogen) atoms. The maximum atomic E-state index is 12.5. The average molecular weight is 364 g/mol. The number of rotatable bonds is 3. The van der Waals surface area contributed by atoms with Gasteiger partial charge in [0.15, 0.2) is 0 Å². The number of fused-ring (bicyclic) bond motifs is 2. The van der Waals surface area contributed by atoms with Crippen LogP contribution in [0.2, 0.25) is 0 Å². The van der Waals surface area contributed by atoms with Gasteiger partial charge in [-0.15, -0.1) is 11.3 Å². The van der Waals surface area contributed by atoms with Gasteiger partial charge in [-0.2, -0.15) is 0 Å². The summed E-state index contributed by atoms with van der Waals surface area (Å²) >= 11 is 1.41. The highest BCUT2D eigenvalue weighted by Gasteiger charge is 2.17. The van der Waals surface area contributed by atoms with Crippen molar-refractivity contribution in [3.8, 4) is 0 Å². The predicted octanol–water partition coefficient (Wildman–Crippen LogP) is 3.88. The second-order valence-corrected chi connectivity index (χ2v) is 7.15. The Labute approximate surface area is 153 Å². The highest BCUT2D eigenvalue weighted by molar-refractivity contribution is 7.21. The van der Waals surface area contributed by atoms with E-state index < -0.39 is 5.97 Å². The molecule has 0 bridgehead atoms. The van der Waals surface area contributed by atoms with Crippen molar-refractivity contribution in [2.75, 3.05) is 0 Å². The average Bonchev–Trinajstić information content (AvgIpc) is 2.98. The van der Waals surface area contributed by atoms with Crippen LogP contribution in [0.4, 0.5) is 0 Å². The molecule has 0 fully saturated rings. The third-order valence-corrected chi connectivity index (χ3v) is 5.57. The molecule has 4 rings (SSSR count). The normalized spacial score (nSPS) is 11.2. The fourth-order valence-electron chi connectivity index (χ4n) is 2.96. The molecular formula is C20H16N2O3S. The lowest BCUT2D eigenvalue weighted by atomic mass is 10.1. The minimum absolute atomic E-state index is 0.0351. The van der Waals surface area contributed by atoms with Gasteiger partial charge in [0, 0.05) is 17.0 Å². The molecule has 4 aromatic rings.